The predicted molar refractivity (Wildman–Crippen MR) is 116 cm³/mol. The Bertz CT molecular complexity index is 1030. The van der Waals surface area contributed by atoms with E-state index in [1.165, 1.54) is 6.07 Å². The van der Waals surface area contributed by atoms with Gasteiger partial charge in [0.05, 0.1) is 17.6 Å². The molecule has 31 heavy (non-hydrogen) atoms. The van der Waals surface area contributed by atoms with Gasteiger partial charge in [0, 0.05) is 24.3 Å². The molecule has 1 aliphatic heterocycles. The van der Waals surface area contributed by atoms with Gasteiger partial charge < -0.3 is 15.0 Å². The van der Waals surface area contributed by atoms with E-state index in [9.17, 15) is 14.4 Å². The molecule has 0 unspecified atom stereocenters. The molecule has 1 N–H and O–H groups in total. The Morgan fingerprint density at radius 3 is 2.77 bits per heavy atom. The third-order valence-electron chi connectivity index (χ3n) is 5.45. The Morgan fingerprint density at radius 2 is 2.03 bits per heavy atom. The molecule has 160 valence electrons. The van der Waals surface area contributed by atoms with Crippen LogP contribution in [0.1, 0.15) is 43.7 Å². The highest BCUT2D eigenvalue weighted by Crippen LogP contribution is 2.33. The number of para-hydroxylation sites is 1. The molecule has 1 fully saturated rings. The number of esters is 1. The van der Waals surface area contributed by atoms with Gasteiger partial charge in [0.1, 0.15) is 0 Å². The topological polar surface area (TPSA) is 99.5 Å². The fourth-order valence-corrected chi connectivity index (χ4v) is 3.59. The van der Waals surface area contributed by atoms with Crippen molar-refractivity contribution < 1.29 is 19.1 Å². The minimum Gasteiger partial charge on any atom is -0.455 e. The van der Waals surface area contributed by atoms with Gasteiger partial charge in [0.2, 0.25) is 5.91 Å². The van der Waals surface area contributed by atoms with Crippen molar-refractivity contribution in [3.8, 4) is 6.07 Å². The summed E-state index contributed by atoms with van der Waals surface area (Å²) in [6.07, 6.45) is 0.996. The van der Waals surface area contributed by atoms with Gasteiger partial charge in [0.15, 0.2) is 6.61 Å². The number of rotatable bonds is 7. The molecular formula is C24H25N3O4. The van der Waals surface area contributed by atoms with Crippen LogP contribution in [-0.2, 0) is 19.1 Å². The molecule has 7 nitrogen and oxygen atoms in total. The number of carbonyl (C=O) groups is 3. The molecule has 3 rings (SSSR count). The Balaban J connectivity index is 1.58. The summed E-state index contributed by atoms with van der Waals surface area (Å²) in [5, 5.41) is 11.5. The fourth-order valence-electron chi connectivity index (χ4n) is 3.59. The number of hydrogen-bond donors (Lipinski definition) is 1. The highest BCUT2D eigenvalue weighted by molar-refractivity contribution is 6.00. The van der Waals surface area contributed by atoms with Gasteiger partial charge in [-0.05, 0) is 42.2 Å². The Hall–Kier alpha value is -3.66. The monoisotopic (exact) mass is 419 g/mol. The summed E-state index contributed by atoms with van der Waals surface area (Å²) in [6, 6.07) is 16.2. The van der Waals surface area contributed by atoms with Gasteiger partial charge in [-0.3, -0.25) is 14.4 Å². The Kier molecular flexibility index (Phi) is 7.03. The number of anilines is 2. The number of carbonyl (C=O) groups excluding carboxylic acids is 3. The lowest BCUT2D eigenvalue weighted by Gasteiger charge is -2.23. The maximum Gasteiger partial charge on any atom is 0.311 e. The second-order valence-corrected chi connectivity index (χ2v) is 7.62. The first-order valence-electron chi connectivity index (χ1n) is 10.3. The Morgan fingerprint density at radius 1 is 1.26 bits per heavy atom. The van der Waals surface area contributed by atoms with Crippen LogP contribution in [0.25, 0.3) is 0 Å². The predicted octanol–water partition coefficient (Wildman–Crippen LogP) is 3.61. The minimum atomic E-state index is -0.618. The van der Waals surface area contributed by atoms with Gasteiger partial charge in [-0.25, -0.2) is 0 Å². The van der Waals surface area contributed by atoms with E-state index in [-0.39, 0.29) is 18.9 Å². The maximum absolute atomic E-state index is 12.6. The molecule has 0 radical (unpaired) electrons. The lowest BCUT2D eigenvalue weighted by atomic mass is 9.96. The number of nitriles is 1. The summed E-state index contributed by atoms with van der Waals surface area (Å²) in [6.45, 7) is 3.98. The molecule has 1 saturated heterocycles. The van der Waals surface area contributed by atoms with Gasteiger partial charge in [0.25, 0.3) is 5.91 Å². The van der Waals surface area contributed by atoms with Crippen LogP contribution >= 0.6 is 0 Å². The minimum absolute atomic E-state index is 0.0551. The average Bonchev–Trinajstić information content (AvgIpc) is 3.18. The van der Waals surface area contributed by atoms with Crippen molar-refractivity contribution in [3.05, 3.63) is 59.7 Å². The normalized spacial score (nSPS) is 16.5. The quantitative estimate of drug-likeness (QED) is 0.691. The van der Waals surface area contributed by atoms with E-state index in [1.54, 1.807) is 23.1 Å². The van der Waals surface area contributed by atoms with E-state index >= 15 is 0 Å². The number of amides is 2. The first kappa shape index (κ1) is 22.0. The van der Waals surface area contributed by atoms with Crippen LogP contribution in [0.15, 0.2) is 48.5 Å². The third-order valence-corrected chi connectivity index (χ3v) is 5.45. The van der Waals surface area contributed by atoms with E-state index in [2.05, 4.69) is 19.2 Å². The zero-order valence-corrected chi connectivity index (χ0v) is 17.6. The zero-order valence-electron chi connectivity index (χ0n) is 17.6. The molecule has 2 aromatic carbocycles. The highest BCUT2D eigenvalue weighted by atomic mass is 16.5. The summed E-state index contributed by atoms with van der Waals surface area (Å²) in [5.74, 6) is -1.54. The van der Waals surface area contributed by atoms with Crippen LogP contribution in [-0.4, -0.2) is 30.9 Å². The van der Waals surface area contributed by atoms with Crippen LogP contribution in [0.3, 0.4) is 0 Å². The second-order valence-electron chi connectivity index (χ2n) is 7.62. The highest BCUT2D eigenvalue weighted by Gasteiger charge is 2.37. The molecule has 0 spiro atoms. The molecule has 2 aromatic rings. The molecule has 2 atom stereocenters. The summed E-state index contributed by atoms with van der Waals surface area (Å²) in [5.41, 5.74) is 2.76. The molecular weight excluding hydrogens is 394 g/mol. The van der Waals surface area contributed by atoms with Crippen LogP contribution in [0.2, 0.25) is 0 Å². The SMILES string of the molecule is CC[C@@H](C)c1ccccc1N1C[C@@H](C(=O)OCC(=O)Nc2cccc(C#N)c2)CC1=O. The van der Waals surface area contributed by atoms with E-state index in [4.69, 9.17) is 10.00 Å². The smallest absolute Gasteiger partial charge is 0.311 e. The van der Waals surface area contributed by atoms with Crippen molar-refractivity contribution in [2.75, 3.05) is 23.4 Å². The first-order valence-corrected chi connectivity index (χ1v) is 10.3. The number of nitrogens with one attached hydrogen (secondary N) is 1. The molecule has 2 amide bonds. The lowest BCUT2D eigenvalue weighted by Crippen LogP contribution is -2.29. The molecule has 0 bridgehead atoms. The Labute approximate surface area is 181 Å². The van der Waals surface area contributed by atoms with Crippen LogP contribution in [0, 0.1) is 17.2 Å². The van der Waals surface area contributed by atoms with Crippen molar-refractivity contribution in [3.63, 3.8) is 0 Å². The fraction of sp³-hybridized carbons (Fsp3) is 0.333. The zero-order chi connectivity index (χ0) is 22.4. The third kappa shape index (κ3) is 5.28. The number of benzene rings is 2. The molecule has 0 aromatic heterocycles. The standard InChI is InChI=1S/C24H25N3O4/c1-3-16(2)20-9-4-5-10-21(20)27-14-18(12-23(27)29)24(30)31-15-22(28)26-19-8-6-7-17(11-19)13-25/h4-11,16,18H,3,12,14-15H2,1-2H3,(H,26,28)/t16-,18+/m1/s1. The summed E-state index contributed by atoms with van der Waals surface area (Å²) in [7, 11) is 0. The number of hydrogen-bond acceptors (Lipinski definition) is 5. The molecule has 1 heterocycles. The van der Waals surface area contributed by atoms with Crippen molar-refractivity contribution in [1.29, 1.82) is 5.26 Å². The van der Waals surface area contributed by atoms with Gasteiger partial charge >= 0.3 is 5.97 Å². The molecule has 0 saturated carbocycles. The maximum atomic E-state index is 12.6. The van der Waals surface area contributed by atoms with Gasteiger partial charge in [-0.15, -0.1) is 0 Å². The van der Waals surface area contributed by atoms with Crippen molar-refractivity contribution in [2.45, 2.75) is 32.6 Å². The summed E-state index contributed by atoms with van der Waals surface area (Å²) in [4.78, 5) is 38.8. The van der Waals surface area contributed by atoms with Crippen LogP contribution in [0.5, 0.6) is 0 Å². The molecule has 7 heteroatoms. The van der Waals surface area contributed by atoms with Crippen LogP contribution in [0.4, 0.5) is 11.4 Å². The van der Waals surface area contributed by atoms with Crippen molar-refractivity contribution in [1.82, 2.24) is 0 Å². The number of ether oxygens (including phenoxy) is 1. The van der Waals surface area contributed by atoms with Crippen molar-refractivity contribution in [2.24, 2.45) is 5.92 Å². The summed E-state index contributed by atoms with van der Waals surface area (Å²) < 4.78 is 5.15. The van der Waals surface area contributed by atoms with Gasteiger partial charge in [-0.2, -0.15) is 5.26 Å². The lowest BCUT2D eigenvalue weighted by molar-refractivity contribution is -0.151. The van der Waals surface area contributed by atoms with Crippen molar-refractivity contribution >= 4 is 29.2 Å². The van der Waals surface area contributed by atoms with E-state index in [0.717, 1.165) is 17.7 Å². The largest absolute Gasteiger partial charge is 0.455 e. The van der Waals surface area contributed by atoms with Crippen LogP contribution < -0.4 is 10.2 Å². The molecule has 1 aliphatic rings. The van der Waals surface area contributed by atoms with E-state index in [0.29, 0.717) is 17.2 Å². The second kappa shape index (κ2) is 9.90. The van der Waals surface area contributed by atoms with Gasteiger partial charge in [-0.1, -0.05) is 38.1 Å². The van der Waals surface area contributed by atoms with E-state index in [1.807, 2.05) is 30.3 Å². The molecule has 0 aliphatic carbocycles. The first-order chi connectivity index (χ1) is 14.9. The summed E-state index contributed by atoms with van der Waals surface area (Å²) >= 11 is 0. The number of nitrogens with zero attached hydrogens (tertiary/aromatic N) is 2. The average molecular weight is 419 g/mol. The van der Waals surface area contributed by atoms with E-state index < -0.39 is 24.4 Å².